The van der Waals surface area contributed by atoms with Crippen molar-refractivity contribution in [1.29, 1.82) is 0 Å². The van der Waals surface area contributed by atoms with E-state index >= 15 is 0 Å². The first-order valence-electron chi connectivity index (χ1n) is 9.02. The minimum Gasteiger partial charge on any atom is -0.493 e. The summed E-state index contributed by atoms with van der Waals surface area (Å²) in [6.07, 6.45) is 5.98. The molecule has 0 bridgehead atoms. The number of ether oxygens (including phenoxy) is 1. The summed E-state index contributed by atoms with van der Waals surface area (Å²) in [4.78, 5) is 13.1. The Hall–Kier alpha value is -2.33. The lowest BCUT2D eigenvalue weighted by molar-refractivity contribution is -0.136. The second-order valence-corrected chi connectivity index (χ2v) is 7.02. The van der Waals surface area contributed by atoms with Crippen molar-refractivity contribution < 1.29 is 14.6 Å². The van der Waals surface area contributed by atoms with E-state index in [1.807, 2.05) is 26.0 Å². The number of aliphatic carboxylic acids is 1. The smallest absolute Gasteiger partial charge is 0.307 e. The summed E-state index contributed by atoms with van der Waals surface area (Å²) in [7, 11) is 4.14. The summed E-state index contributed by atoms with van der Waals surface area (Å²) in [5.41, 5.74) is 5.60. The zero-order chi connectivity index (χ0) is 19.1. The van der Waals surface area contributed by atoms with Gasteiger partial charge >= 0.3 is 5.97 Å². The third-order valence-electron chi connectivity index (χ3n) is 4.51. The molecule has 0 fully saturated rings. The lowest BCUT2D eigenvalue weighted by Gasteiger charge is -2.14. The predicted molar refractivity (Wildman–Crippen MR) is 106 cm³/mol. The van der Waals surface area contributed by atoms with Crippen molar-refractivity contribution in [2.75, 3.05) is 20.6 Å². The van der Waals surface area contributed by atoms with Crippen LogP contribution in [0.3, 0.4) is 0 Å². The molecule has 4 nitrogen and oxygen atoms in total. The first kappa shape index (κ1) is 20.0. The highest BCUT2D eigenvalue weighted by atomic mass is 16.5. The summed E-state index contributed by atoms with van der Waals surface area (Å²) in [5.74, 6) is 0.116. The Bertz CT molecular complexity index is 742. The average molecular weight is 355 g/mol. The van der Waals surface area contributed by atoms with Gasteiger partial charge in [0.05, 0.1) is 12.2 Å². The monoisotopic (exact) mass is 355 g/mol. The molecule has 4 heteroatoms. The molecule has 1 aromatic rings. The molecule has 0 spiro atoms. The van der Waals surface area contributed by atoms with Crippen LogP contribution in [-0.4, -0.2) is 36.6 Å². The highest BCUT2D eigenvalue weighted by molar-refractivity contribution is 5.82. The summed E-state index contributed by atoms with van der Waals surface area (Å²) in [6, 6.07) is 8.35. The number of hydrogen-bond acceptors (Lipinski definition) is 3. The van der Waals surface area contributed by atoms with Crippen LogP contribution in [0.2, 0.25) is 0 Å². The van der Waals surface area contributed by atoms with Gasteiger partial charge in [0.15, 0.2) is 0 Å². The van der Waals surface area contributed by atoms with Crippen molar-refractivity contribution in [1.82, 2.24) is 4.90 Å². The molecule has 1 heterocycles. The number of carboxylic acid groups (broad SMARTS) is 1. The molecule has 1 aliphatic heterocycles. The molecule has 26 heavy (non-hydrogen) atoms. The maximum absolute atomic E-state index is 10.9. The average Bonchev–Trinajstić information content (AvgIpc) is 2.70. The molecule has 0 amide bonds. The van der Waals surface area contributed by atoms with Crippen LogP contribution in [0.25, 0.3) is 5.57 Å². The lowest BCUT2D eigenvalue weighted by Crippen LogP contribution is -2.12. The Morgan fingerprint density at radius 3 is 2.73 bits per heavy atom. The van der Waals surface area contributed by atoms with Crippen LogP contribution in [0.5, 0.6) is 0 Å². The van der Waals surface area contributed by atoms with E-state index in [0.717, 1.165) is 29.9 Å². The van der Waals surface area contributed by atoms with E-state index in [-0.39, 0.29) is 6.42 Å². The van der Waals surface area contributed by atoms with Gasteiger partial charge in [-0.25, -0.2) is 0 Å². The fourth-order valence-electron chi connectivity index (χ4n) is 3.08. The van der Waals surface area contributed by atoms with E-state index in [2.05, 4.69) is 43.3 Å². The maximum atomic E-state index is 10.9. The van der Waals surface area contributed by atoms with E-state index < -0.39 is 5.97 Å². The number of carbonyl (C=O) groups is 1. The van der Waals surface area contributed by atoms with Gasteiger partial charge in [0.25, 0.3) is 0 Å². The number of rotatable bonds is 7. The first-order chi connectivity index (χ1) is 12.4. The van der Waals surface area contributed by atoms with Gasteiger partial charge in [-0.3, -0.25) is 4.79 Å². The van der Waals surface area contributed by atoms with Crippen molar-refractivity contribution in [3.8, 4) is 0 Å². The minimum absolute atomic E-state index is 0.0729. The Kier molecular flexibility index (Phi) is 7.22. The topological polar surface area (TPSA) is 49.8 Å². The van der Waals surface area contributed by atoms with Crippen LogP contribution in [0.1, 0.15) is 44.2 Å². The van der Waals surface area contributed by atoms with Crippen molar-refractivity contribution in [3.05, 3.63) is 64.4 Å². The predicted octanol–water partition coefficient (Wildman–Crippen LogP) is 4.64. The molecular weight excluding hydrogens is 326 g/mol. The molecule has 140 valence electrons. The third kappa shape index (κ3) is 5.60. The molecule has 1 N–H and O–H groups in total. The number of fused-ring (bicyclic) bond motifs is 1. The van der Waals surface area contributed by atoms with Gasteiger partial charge < -0.3 is 14.7 Å². The van der Waals surface area contributed by atoms with Crippen LogP contribution in [0, 0.1) is 0 Å². The first-order valence-corrected chi connectivity index (χ1v) is 9.02. The van der Waals surface area contributed by atoms with E-state index in [4.69, 9.17) is 9.84 Å². The van der Waals surface area contributed by atoms with Crippen LogP contribution < -0.4 is 0 Å². The van der Waals surface area contributed by atoms with Crippen LogP contribution in [-0.2, 0) is 16.1 Å². The van der Waals surface area contributed by atoms with Crippen LogP contribution in [0.4, 0.5) is 0 Å². The zero-order valence-corrected chi connectivity index (χ0v) is 16.2. The van der Waals surface area contributed by atoms with Gasteiger partial charge in [0, 0.05) is 12.1 Å². The molecule has 0 saturated carbocycles. The summed E-state index contributed by atoms with van der Waals surface area (Å²) in [6.45, 7) is 5.41. The SMILES string of the molecule is CC1=C(C/C=C(\C)CC(=O)O)/C(=C\CCN(C)C)c2ccccc2CO1. The maximum Gasteiger partial charge on any atom is 0.307 e. The zero-order valence-electron chi connectivity index (χ0n) is 16.2. The summed E-state index contributed by atoms with van der Waals surface area (Å²) < 4.78 is 6.00. The molecule has 0 aliphatic carbocycles. The number of allylic oxidation sites excluding steroid dienone is 4. The van der Waals surface area contributed by atoms with Crippen molar-refractivity contribution >= 4 is 11.5 Å². The van der Waals surface area contributed by atoms with Crippen LogP contribution >= 0.6 is 0 Å². The molecule has 0 radical (unpaired) electrons. The van der Waals surface area contributed by atoms with Crippen molar-refractivity contribution in [2.45, 2.75) is 39.7 Å². The Morgan fingerprint density at radius 2 is 2.04 bits per heavy atom. The van der Waals surface area contributed by atoms with Crippen molar-refractivity contribution in [2.24, 2.45) is 0 Å². The van der Waals surface area contributed by atoms with Crippen LogP contribution in [0.15, 0.2) is 53.3 Å². The summed E-state index contributed by atoms with van der Waals surface area (Å²) in [5, 5.41) is 8.97. The number of nitrogens with zero attached hydrogens (tertiary/aromatic N) is 1. The fraction of sp³-hybridized carbons (Fsp3) is 0.409. The molecule has 1 aromatic carbocycles. The normalized spacial score (nSPS) is 16.5. The van der Waals surface area contributed by atoms with Gasteiger partial charge in [-0.05, 0) is 57.5 Å². The Morgan fingerprint density at radius 1 is 1.31 bits per heavy atom. The third-order valence-corrected chi connectivity index (χ3v) is 4.51. The Balaban J connectivity index is 2.38. The van der Waals surface area contributed by atoms with E-state index in [1.54, 1.807) is 0 Å². The quantitative estimate of drug-likeness (QED) is 0.724. The molecule has 2 rings (SSSR count). The number of hydrogen-bond donors (Lipinski definition) is 1. The van der Waals surface area contributed by atoms with E-state index in [9.17, 15) is 4.79 Å². The van der Waals surface area contributed by atoms with Crippen molar-refractivity contribution in [3.63, 3.8) is 0 Å². The van der Waals surface area contributed by atoms with Gasteiger partial charge in [0.2, 0.25) is 0 Å². The second kappa shape index (κ2) is 9.39. The number of carboxylic acids is 1. The van der Waals surface area contributed by atoms with Gasteiger partial charge in [-0.15, -0.1) is 0 Å². The molecule has 1 aliphatic rings. The molecule has 0 aromatic heterocycles. The highest BCUT2D eigenvalue weighted by Crippen LogP contribution is 2.35. The lowest BCUT2D eigenvalue weighted by atomic mass is 9.91. The highest BCUT2D eigenvalue weighted by Gasteiger charge is 2.19. The van der Waals surface area contributed by atoms with E-state index in [1.165, 1.54) is 16.7 Å². The fourth-order valence-corrected chi connectivity index (χ4v) is 3.08. The summed E-state index contributed by atoms with van der Waals surface area (Å²) >= 11 is 0. The second-order valence-electron chi connectivity index (χ2n) is 7.02. The largest absolute Gasteiger partial charge is 0.493 e. The molecule has 0 unspecified atom stereocenters. The van der Waals surface area contributed by atoms with Gasteiger partial charge in [0.1, 0.15) is 6.61 Å². The molecule has 0 atom stereocenters. The number of benzene rings is 1. The van der Waals surface area contributed by atoms with E-state index in [0.29, 0.717) is 13.0 Å². The minimum atomic E-state index is -0.798. The Labute approximate surface area is 156 Å². The van der Waals surface area contributed by atoms with Gasteiger partial charge in [-0.1, -0.05) is 42.0 Å². The molecule has 0 saturated heterocycles. The van der Waals surface area contributed by atoms with Gasteiger partial charge in [-0.2, -0.15) is 0 Å². The molecular formula is C22H29NO3. The standard InChI is InChI=1S/C22H29NO3/c1-16(14-22(24)25)11-12-19-17(2)26-15-18-8-5-6-9-20(18)21(19)10-7-13-23(3)4/h5-6,8-11H,7,12-15H2,1-4H3,(H,24,25)/b16-11+,21-10+.